The third-order valence-electron chi connectivity index (χ3n) is 7.51. The van der Waals surface area contributed by atoms with Crippen LogP contribution >= 0.6 is 0 Å². The lowest BCUT2D eigenvalue weighted by Gasteiger charge is -2.48. The summed E-state index contributed by atoms with van der Waals surface area (Å²) in [5.74, 6) is 1.19. The van der Waals surface area contributed by atoms with Crippen LogP contribution in [-0.4, -0.2) is 78.2 Å². The van der Waals surface area contributed by atoms with Crippen molar-refractivity contribution in [3.63, 3.8) is 0 Å². The number of carbonyl (C=O) groups excluding carboxylic acids is 1. The van der Waals surface area contributed by atoms with Gasteiger partial charge in [-0.1, -0.05) is 24.3 Å². The molecule has 5 heterocycles. The van der Waals surface area contributed by atoms with Crippen LogP contribution in [0.1, 0.15) is 18.4 Å². The molecule has 8 heteroatoms. The molecule has 3 aromatic rings. The zero-order valence-corrected chi connectivity index (χ0v) is 18.8. The molecule has 0 bridgehead atoms. The monoisotopic (exact) mass is 446 g/mol. The molecule has 8 nitrogen and oxygen atoms in total. The predicted octanol–water partition coefficient (Wildman–Crippen LogP) is 2.22. The van der Waals surface area contributed by atoms with E-state index in [0.29, 0.717) is 11.8 Å². The number of morpholine rings is 1. The summed E-state index contributed by atoms with van der Waals surface area (Å²) in [4.78, 5) is 29.5. The van der Waals surface area contributed by atoms with Crippen molar-refractivity contribution in [3.8, 4) is 11.3 Å². The molecule has 3 aliphatic rings. The van der Waals surface area contributed by atoms with E-state index in [1.807, 2.05) is 4.90 Å². The van der Waals surface area contributed by atoms with Crippen LogP contribution in [0.15, 0.2) is 36.7 Å². The summed E-state index contributed by atoms with van der Waals surface area (Å²) in [6.07, 6.45) is 4.33. The molecule has 0 saturated carbocycles. The topological polar surface area (TPSA) is 86.4 Å². The molecular weight excluding hydrogens is 416 g/mol. The number of anilines is 1. The van der Waals surface area contributed by atoms with Crippen molar-refractivity contribution in [1.29, 1.82) is 0 Å². The average molecular weight is 447 g/mol. The summed E-state index contributed by atoms with van der Waals surface area (Å²) >= 11 is 0. The molecule has 1 spiro atoms. The number of amides is 1. The summed E-state index contributed by atoms with van der Waals surface area (Å²) in [5.41, 5.74) is 4.44. The van der Waals surface area contributed by atoms with Crippen molar-refractivity contribution in [2.24, 2.45) is 5.41 Å². The van der Waals surface area contributed by atoms with Crippen molar-refractivity contribution >= 4 is 22.8 Å². The number of hydrogen-bond acceptors (Lipinski definition) is 6. The summed E-state index contributed by atoms with van der Waals surface area (Å²) in [5, 5.41) is 4.41. The highest BCUT2D eigenvalue weighted by molar-refractivity contribution is 5.92. The standard InChI is InChI=1S/C25H30N6O2/c32-22(30-7-5-25(6-8-30)15-26-16-25)13-18-1-3-19(4-2-18)21-14-20-23(29-21)27-17-28-24(20)31-9-11-33-12-10-31/h1-4,14,17,26H,5-13,15-16H2,(H,27,28,29). The van der Waals surface area contributed by atoms with E-state index in [1.54, 1.807) is 6.33 Å². The zero-order chi connectivity index (χ0) is 22.3. The predicted molar refractivity (Wildman–Crippen MR) is 127 cm³/mol. The maximum absolute atomic E-state index is 12.8. The molecule has 0 atom stereocenters. The molecule has 33 heavy (non-hydrogen) atoms. The van der Waals surface area contributed by atoms with Gasteiger partial charge in [-0.15, -0.1) is 0 Å². The molecule has 3 fully saturated rings. The molecule has 0 radical (unpaired) electrons. The Hall–Kier alpha value is -2.97. The average Bonchev–Trinajstić information content (AvgIpc) is 3.29. The van der Waals surface area contributed by atoms with Gasteiger partial charge in [0.15, 0.2) is 0 Å². The maximum atomic E-state index is 12.8. The Balaban J connectivity index is 1.15. The van der Waals surface area contributed by atoms with Gasteiger partial charge in [0.2, 0.25) is 5.91 Å². The van der Waals surface area contributed by atoms with Crippen molar-refractivity contribution in [1.82, 2.24) is 25.2 Å². The fourth-order valence-corrected chi connectivity index (χ4v) is 5.26. The number of carbonyl (C=O) groups is 1. The minimum atomic E-state index is 0.237. The first-order valence-electron chi connectivity index (χ1n) is 11.9. The van der Waals surface area contributed by atoms with E-state index < -0.39 is 0 Å². The lowest BCUT2D eigenvalue weighted by atomic mass is 9.73. The van der Waals surface area contributed by atoms with Crippen LogP contribution in [0, 0.1) is 5.41 Å². The number of piperidine rings is 1. The molecule has 2 N–H and O–H groups in total. The second kappa shape index (κ2) is 8.43. The Labute approximate surface area is 193 Å². The highest BCUT2D eigenvalue weighted by Gasteiger charge is 2.40. The van der Waals surface area contributed by atoms with E-state index in [0.717, 1.165) is 99.0 Å². The third-order valence-corrected chi connectivity index (χ3v) is 7.51. The van der Waals surface area contributed by atoms with Crippen molar-refractivity contribution in [2.45, 2.75) is 19.3 Å². The quantitative estimate of drug-likeness (QED) is 0.639. The van der Waals surface area contributed by atoms with Crippen LogP contribution in [-0.2, 0) is 16.0 Å². The van der Waals surface area contributed by atoms with Gasteiger partial charge in [-0.05, 0) is 35.4 Å². The van der Waals surface area contributed by atoms with Gasteiger partial charge in [-0.3, -0.25) is 4.79 Å². The van der Waals surface area contributed by atoms with Crippen LogP contribution < -0.4 is 10.2 Å². The molecule has 0 unspecified atom stereocenters. The number of H-pyrrole nitrogens is 1. The number of nitrogens with zero attached hydrogens (tertiary/aromatic N) is 4. The molecule has 3 aliphatic heterocycles. The third kappa shape index (κ3) is 3.98. The number of fused-ring (bicyclic) bond motifs is 1. The van der Waals surface area contributed by atoms with Crippen LogP contribution in [0.4, 0.5) is 5.82 Å². The van der Waals surface area contributed by atoms with Crippen LogP contribution in [0.2, 0.25) is 0 Å². The number of aromatic amines is 1. The van der Waals surface area contributed by atoms with E-state index >= 15 is 0 Å². The van der Waals surface area contributed by atoms with Crippen molar-refractivity contribution < 1.29 is 9.53 Å². The lowest BCUT2D eigenvalue weighted by Crippen LogP contribution is -2.58. The molecule has 3 saturated heterocycles. The lowest BCUT2D eigenvalue weighted by molar-refractivity contribution is -0.133. The number of ether oxygens (including phenoxy) is 1. The Morgan fingerprint density at radius 3 is 2.48 bits per heavy atom. The minimum absolute atomic E-state index is 0.237. The summed E-state index contributed by atoms with van der Waals surface area (Å²) in [6.45, 7) is 7.12. The van der Waals surface area contributed by atoms with Crippen molar-refractivity contribution in [2.75, 3.05) is 57.4 Å². The van der Waals surface area contributed by atoms with E-state index in [1.165, 1.54) is 0 Å². The molecule has 1 amide bonds. The van der Waals surface area contributed by atoms with Gasteiger partial charge in [-0.2, -0.15) is 0 Å². The first-order valence-corrected chi connectivity index (χ1v) is 11.9. The number of rotatable bonds is 4. The highest BCUT2D eigenvalue weighted by atomic mass is 16.5. The largest absolute Gasteiger partial charge is 0.378 e. The van der Waals surface area contributed by atoms with E-state index in [9.17, 15) is 4.79 Å². The molecule has 6 rings (SSSR count). The number of hydrogen-bond donors (Lipinski definition) is 2. The van der Waals surface area contributed by atoms with Gasteiger partial charge >= 0.3 is 0 Å². The summed E-state index contributed by atoms with van der Waals surface area (Å²) in [6, 6.07) is 10.4. The Kier molecular flexibility index (Phi) is 5.27. The number of aromatic nitrogens is 3. The second-order valence-corrected chi connectivity index (χ2v) is 9.60. The number of nitrogens with one attached hydrogen (secondary N) is 2. The van der Waals surface area contributed by atoms with Crippen molar-refractivity contribution in [3.05, 3.63) is 42.2 Å². The smallest absolute Gasteiger partial charge is 0.226 e. The first-order chi connectivity index (χ1) is 16.2. The molecule has 172 valence electrons. The van der Waals surface area contributed by atoms with Gasteiger partial charge in [0.1, 0.15) is 17.8 Å². The van der Waals surface area contributed by atoms with Gasteiger partial charge in [0, 0.05) is 45.0 Å². The van der Waals surface area contributed by atoms with E-state index in [-0.39, 0.29) is 5.91 Å². The molecular formula is C25H30N6O2. The fraction of sp³-hybridized carbons (Fsp3) is 0.480. The zero-order valence-electron chi connectivity index (χ0n) is 18.8. The number of likely N-dealkylation sites (tertiary alicyclic amines) is 1. The SMILES string of the molecule is O=C(Cc1ccc(-c2cc3c(N4CCOCC4)ncnc3[nH]2)cc1)N1CCC2(CC1)CNC2. The Morgan fingerprint density at radius 2 is 1.79 bits per heavy atom. The number of benzene rings is 1. The minimum Gasteiger partial charge on any atom is -0.378 e. The first kappa shape index (κ1) is 20.6. The highest BCUT2D eigenvalue weighted by Crippen LogP contribution is 2.35. The normalized spacial score (nSPS) is 20.2. The molecule has 0 aliphatic carbocycles. The summed E-state index contributed by atoms with van der Waals surface area (Å²) < 4.78 is 5.48. The summed E-state index contributed by atoms with van der Waals surface area (Å²) in [7, 11) is 0. The molecule has 1 aromatic carbocycles. The second-order valence-electron chi connectivity index (χ2n) is 9.60. The van der Waals surface area contributed by atoms with Crippen LogP contribution in [0.25, 0.3) is 22.3 Å². The molecule has 2 aromatic heterocycles. The Morgan fingerprint density at radius 1 is 1.03 bits per heavy atom. The Bertz CT molecular complexity index is 1140. The van der Waals surface area contributed by atoms with Gasteiger partial charge < -0.3 is 24.8 Å². The van der Waals surface area contributed by atoms with Gasteiger partial charge in [0.25, 0.3) is 0 Å². The van der Waals surface area contributed by atoms with E-state index in [2.05, 4.69) is 55.5 Å². The van der Waals surface area contributed by atoms with Crippen LogP contribution in [0.5, 0.6) is 0 Å². The van der Waals surface area contributed by atoms with Gasteiger partial charge in [0.05, 0.1) is 25.0 Å². The van der Waals surface area contributed by atoms with E-state index in [4.69, 9.17) is 4.74 Å². The fourth-order valence-electron chi connectivity index (χ4n) is 5.26. The van der Waals surface area contributed by atoms with Crippen LogP contribution in [0.3, 0.4) is 0 Å². The van der Waals surface area contributed by atoms with Gasteiger partial charge in [-0.25, -0.2) is 9.97 Å². The maximum Gasteiger partial charge on any atom is 0.226 e.